The van der Waals surface area contributed by atoms with Crippen molar-refractivity contribution in [2.45, 2.75) is 44.8 Å². The Balaban J connectivity index is 2.42. The zero-order valence-corrected chi connectivity index (χ0v) is 12.7. The highest BCUT2D eigenvalue weighted by atomic mass is 16.5. The molecule has 1 N–H and O–H groups in total. The Morgan fingerprint density at radius 2 is 2.00 bits per heavy atom. The number of carbonyl (C=O) groups excluding carboxylic acids is 1. The predicted octanol–water partition coefficient (Wildman–Crippen LogP) is 1.03. The van der Waals surface area contributed by atoms with Crippen LogP contribution in [0.4, 0.5) is 0 Å². The van der Waals surface area contributed by atoms with E-state index in [4.69, 9.17) is 9.47 Å². The summed E-state index contributed by atoms with van der Waals surface area (Å²) in [5.74, 6) is -0.180. The third-order valence-corrected chi connectivity index (χ3v) is 4.00. The number of esters is 1. The highest BCUT2D eigenvalue weighted by molar-refractivity contribution is 5.80. The van der Waals surface area contributed by atoms with Gasteiger partial charge in [0, 0.05) is 26.7 Å². The van der Waals surface area contributed by atoms with Crippen LogP contribution >= 0.6 is 0 Å². The number of methoxy groups -OCH3 is 2. The smallest absolute Gasteiger partial charge is 0.325 e. The van der Waals surface area contributed by atoms with Gasteiger partial charge in [-0.15, -0.1) is 0 Å². The monoisotopic (exact) mass is 272 g/mol. The number of hydrogen-bond acceptors (Lipinski definition) is 5. The Bertz CT molecular complexity index is 278. The minimum Gasteiger partial charge on any atom is -0.468 e. The number of nitrogens with one attached hydrogen (secondary N) is 1. The molecule has 0 aromatic heterocycles. The molecule has 0 spiro atoms. The third-order valence-electron chi connectivity index (χ3n) is 4.00. The Morgan fingerprint density at radius 3 is 2.47 bits per heavy atom. The van der Waals surface area contributed by atoms with Gasteiger partial charge in [0.2, 0.25) is 0 Å². The average molecular weight is 272 g/mol. The first-order chi connectivity index (χ1) is 9.05. The standard InChI is InChI=1S/C14H28N2O3/c1-5-15-14(2,13(17)19-4)8-11-16-9-6-12(18-3)7-10-16/h12,15H,5-11H2,1-4H3. The first-order valence-electron chi connectivity index (χ1n) is 7.14. The molecule has 1 fully saturated rings. The Hall–Kier alpha value is -0.650. The number of carbonyl (C=O) groups is 1. The summed E-state index contributed by atoms with van der Waals surface area (Å²) >= 11 is 0. The van der Waals surface area contributed by atoms with E-state index in [-0.39, 0.29) is 5.97 Å². The molecule has 1 heterocycles. The molecule has 0 saturated carbocycles. The van der Waals surface area contributed by atoms with Gasteiger partial charge in [0.25, 0.3) is 0 Å². The Morgan fingerprint density at radius 1 is 1.37 bits per heavy atom. The van der Waals surface area contributed by atoms with E-state index in [1.807, 2.05) is 13.8 Å². The first-order valence-corrected chi connectivity index (χ1v) is 7.14. The molecule has 1 unspecified atom stereocenters. The molecule has 5 heteroatoms. The van der Waals surface area contributed by atoms with Crippen LogP contribution in [0.5, 0.6) is 0 Å². The van der Waals surface area contributed by atoms with Crippen molar-refractivity contribution >= 4 is 5.97 Å². The van der Waals surface area contributed by atoms with Crippen LogP contribution in [0, 0.1) is 0 Å². The van der Waals surface area contributed by atoms with E-state index in [0.717, 1.165) is 45.4 Å². The minimum absolute atomic E-state index is 0.180. The topological polar surface area (TPSA) is 50.8 Å². The quantitative estimate of drug-likeness (QED) is 0.702. The molecule has 0 aliphatic carbocycles. The summed E-state index contributed by atoms with van der Waals surface area (Å²) in [5.41, 5.74) is -0.582. The normalized spacial score (nSPS) is 21.1. The van der Waals surface area contributed by atoms with Crippen molar-refractivity contribution in [1.82, 2.24) is 10.2 Å². The van der Waals surface area contributed by atoms with Gasteiger partial charge in [0.05, 0.1) is 13.2 Å². The van der Waals surface area contributed by atoms with Crippen molar-refractivity contribution in [2.75, 3.05) is 40.4 Å². The van der Waals surface area contributed by atoms with Gasteiger partial charge in [-0.1, -0.05) is 6.92 Å². The number of likely N-dealkylation sites (tertiary alicyclic amines) is 1. The maximum Gasteiger partial charge on any atom is 0.325 e. The fourth-order valence-corrected chi connectivity index (χ4v) is 2.63. The average Bonchev–Trinajstić information content (AvgIpc) is 2.45. The van der Waals surface area contributed by atoms with E-state index in [9.17, 15) is 4.79 Å². The molecule has 19 heavy (non-hydrogen) atoms. The molecule has 0 bridgehead atoms. The lowest BCUT2D eigenvalue weighted by Crippen LogP contribution is -2.52. The largest absolute Gasteiger partial charge is 0.468 e. The lowest BCUT2D eigenvalue weighted by Gasteiger charge is -2.34. The first kappa shape index (κ1) is 16.4. The molecular formula is C14H28N2O3. The fourth-order valence-electron chi connectivity index (χ4n) is 2.63. The van der Waals surface area contributed by atoms with Gasteiger partial charge in [-0.25, -0.2) is 0 Å². The lowest BCUT2D eigenvalue weighted by molar-refractivity contribution is -0.148. The van der Waals surface area contributed by atoms with E-state index >= 15 is 0 Å². The summed E-state index contributed by atoms with van der Waals surface area (Å²) in [6.45, 7) is 7.69. The van der Waals surface area contributed by atoms with Gasteiger partial charge in [-0.05, 0) is 32.7 Å². The predicted molar refractivity (Wildman–Crippen MR) is 75.2 cm³/mol. The van der Waals surface area contributed by atoms with Crippen LogP contribution < -0.4 is 5.32 Å². The van der Waals surface area contributed by atoms with Crippen molar-refractivity contribution in [2.24, 2.45) is 0 Å². The number of likely N-dealkylation sites (N-methyl/N-ethyl adjacent to an activating group) is 1. The SMILES string of the molecule is CCNC(C)(CCN1CCC(OC)CC1)C(=O)OC. The molecule has 0 radical (unpaired) electrons. The zero-order valence-electron chi connectivity index (χ0n) is 12.7. The Labute approximate surface area is 116 Å². The second-order valence-electron chi connectivity index (χ2n) is 5.38. The van der Waals surface area contributed by atoms with Crippen LogP contribution in [-0.4, -0.2) is 62.9 Å². The van der Waals surface area contributed by atoms with Crippen LogP contribution in [0.2, 0.25) is 0 Å². The Kier molecular flexibility index (Phi) is 6.75. The van der Waals surface area contributed by atoms with Crippen LogP contribution in [0.3, 0.4) is 0 Å². The van der Waals surface area contributed by atoms with Gasteiger partial charge in [0.1, 0.15) is 5.54 Å². The van der Waals surface area contributed by atoms with E-state index in [1.165, 1.54) is 7.11 Å². The van der Waals surface area contributed by atoms with E-state index in [0.29, 0.717) is 6.10 Å². The molecule has 1 aliphatic heterocycles. The van der Waals surface area contributed by atoms with Crippen molar-refractivity contribution in [3.05, 3.63) is 0 Å². The number of rotatable bonds is 7. The van der Waals surface area contributed by atoms with Gasteiger partial charge in [-0.2, -0.15) is 0 Å². The third kappa shape index (κ3) is 4.75. The highest BCUT2D eigenvalue weighted by Crippen LogP contribution is 2.17. The van der Waals surface area contributed by atoms with Gasteiger partial charge >= 0.3 is 5.97 Å². The molecule has 0 amide bonds. The molecule has 1 aliphatic rings. The maximum atomic E-state index is 11.9. The van der Waals surface area contributed by atoms with Gasteiger partial charge < -0.3 is 19.7 Å². The molecule has 0 aromatic rings. The molecule has 112 valence electrons. The number of hydrogen-bond donors (Lipinski definition) is 1. The van der Waals surface area contributed by atoms with Crippen LogP contribution in [0.1, 0.15) is 33.1 Å². The second kappa shape index (κ2) is 7.82. The maximum absolute atomic E-state index is 11.9. The molecule has 5 nitrogen and oxygen atoms in total. The zero-order chi connectivity index (χ0) is 14.3. The number of nitrogens with zero attached hydrogens (tertiary/aromatic N) is 1. The molecule has 1 rings (SSSR count). The molecule has 1 atom stereocenters. The molecule has 0 aromatic carbocycles. The van der Waals surface area contributed by atoms with Crippen molar-refractivity contribution in [3.8, 4) is 0 Å². The van der Waals surface area contributed by atoms with Crippen molar-refractivity contribution in [3.63, 3.8) is 0 Å². The summed E-state index contributed by atoms with van der Waals surface area (Å²) in [6, 6.07) is 0. The van der Waals surface area contributed by atoms with E-state index in [1.54, 1.807) is 7.11 Å². The number of ether oxygens (including phenoxy) is 2. The van der Waals surface area contributed by atoms with Crippen molar-refractivity contribution < 1.29 is 14.3 Å². The lowest BCUT2D eigenvalue weighted by atomic mass is 9.96. The van der Waals surface area contributed by atoms with Crippen molar-refractivity contribution in [1.29, 1.82) is 0 Å². The van der Waals surface area contributed by atoms with Crippen LogP contribution in [0.25, 0.3) is 0 Å². The van der Waals surface area contributed by atoms with Crippen LogP contribution in [-0.2, 0) is 14.3 Å². The minimum atomic E-state index is -0.582. The van der Waals surface area contributed by atoms with Gasteiger partial charge in [-0.3, -0.25) is 4.79 Å². The number of piperidine rings is 1. The summed E-state index contributed by atoms with van der Waals surface area (Å²) in [7, 11) is 3.22. The fraction of sp³-hybridized carbons (Fsp3) is 0.929. The summed E-state index contributed by atoms with van der Waals surface area (Å²) in [4.78, 5) is 14.3. The highest BCUT2D eigenvalue weighted by Gasteiger charge is 2.33. The summed E-state index contributed by atoms with van der Waals surface area (Å²) < 4.78 is 10.3. The molecular weight excluding hydrogens is 244 g/mol. The molecule has 1 saturated heterocycles. The van der Waals surface area contributed by atoms with Crippen LogP contribution in [0.15, 0.2) is 0 Å². The van der Waals surface area contributed by atoms with E-state index < -0.39 is 5.54 Å². The summed E-state index contributed by atoms with van der Waals surface area (Å²) in [6.07, 6.45) is 3.32. The second-order valence-corrected chi connectivity index (χ2v) is 5.38. The summed E-state index contributed by atoms with van der Waals surface area (Å²) in [5, 5.41) is 3.24. The van der Waals surface area contributed by atoms with E-state index in [2.05, 4.69) is 10.2 Å². The van der Waals surface area contributed by atoms with Gasteiger partial charge in [0.15, 0.2) is 0 Å².